The summed E-state index contributed by atoms with van der Waals surface area (Å²) in [5, 5.41) is 0. The molecule has 3 atom stereocenters. The van der Waals surface area contributed by atoms with Gasteiger partial charge in [0.05, 0.1) is 18.6 Å². The zero-order valence-electron chi connectivity index (χ0n) is 12.8. The molecule has 0 unspecified atom stereocenters. The Kier molecular flexibility index (Phi) is 4.53. The summed E-state index contributed by atoms with van der Waals surface area (Å²) >= 11 is 0. The molecule has 0 aliphatic carbocycles. The summed E-state index contributed by atoms with van der Waals surface area (Å²) in [6.07, 6.45) is -1.65. The van der Waals surface area contributed by atoms with Gasteiger partial charge in [0.1, 0.15) is 0 Å². The minimum absolute atomic E-state index is 0.220. The zero-order valence-corrected chi connectivity index (χ0v) is 12.8. The van der Waals surface area contributed by atoms with Crippen LogP contribution in [0.15, 0.2) is 60.7 Å². The minimum atomic E-state index is -1.16. The van der Waals surface area contributed by atoms with E-state index in [0.29, 0.717) is 0 Å². The molecule has 1 fully saturated rings. The lowest BCUT2D eigenvalue weighted by atomic mass is 9.87. The molecule has 0 amide bonds. The molecule has 0 saturated carbocycles. The van der Waals surface area contributed by atoms with Crippen molar-refractivity contribution in [1.82, 2.24) is 0 Å². The number of benzene rings is 2. The second kappa shape index (κ2) is 6.75. The quantitative estimate of drug-likeness (QED) is 0.643. The number of hydrogen-bond acceptors (Lipinski definition) is 4. The maximum atomic E-state index is 12.8. The van der Waals surface area contributed by atoms with Crippen LogP contribution in [0.1, 0.15) is 30.1 Å². The van der Waals surface area contributed by atoms with E-state index in [4.69, 9.17) is 9.47 Å². The molecule has 2 aromatic rings. The number of hydrogen-bond donors (Lipinski definition) is 0. The van der Waals surface area contributed by atoms with Gasteiger partial charge in [-0.05, 0) is 18.1 Å². The topological polar surface area (TPSA) is 52.6 Å². The number of Topliss-reactive ketones (excluding diaryl/α,β-unsaturated/α-hetero) is 1. The minimum Gasteiger partial charge on any atom is -0.464 e. The molecular formula is C19H18O4. The number of rotatable bonds is 4. The summed E-state index contributed by atoms with van der Waals surface area (Å²) in [5.41, 5.74) is 1.72. The fourth-order valence-corrected chi connectivity index (χ4v) is 2.91. The maximum absolute atomic E-state index is 12.8. The summed E-state index contributed by atoms with van der Waals surface area (Å²) < 4.78 is 10.8. The molecule has 1 aliphatic heterocycles. The predicted molar refractivity (Wildman–Crippen MR) is 84.9 cm³/mol. The molecule has 4 nitrogen and oxygen atoms in total. The van der Waals surface area contributed by atoms with Gasteiger partial charge in [-0.1, -0.05) is 60.7 Å². The molecule has 0 bridgehead atoms. The summed E-state index contributed by atoms with van der Waals surface area (Å²) in [6, 6.07) is 18.9. The molecule has 1 aliphatic rings. The monoisotopic (exact) mass is 310 g/mol. The van der Waals surface area contributed by atoms with Gasteiger partial charge in [0.25, 0.3) is 0 Å². The molecular weight excluding hydrogens is 292 g/mol. The van der Waals surface area contributed by atoms with Crippen molar-refractivity contribution >= 4 is 11.8 Å². The highest BCUT2D eigenvalue weighted by Crippen LogP contribution is 2.42. The normalized spacial score (nSPS) is 23.7. The average molecular weight is 310 g/mol. The standard InChI is InChI=1S/C19H18O4/c1-2-22-19(21)18-16(20)15(13-9-5-3-6-10-13)17(23-18)14-11-7-4-8-12-14/h3-12,15,17-18H,2H2,1H3/t15-,17-,18-/m1/s1. The molecule has 4 heteroatoms. The van der Waals surface area contributed by atoms with Crippen molar-refractivity contribution < 1.29 is 19.1 Å². The number of carbonyl (C=O) groups is 2. The molecule has 23 heavy (non-hydrogen) atoms. The van der Waals surface area contributed by atoms with Crippen LogP contribution in [0.5, 0.6) is 0 Å². The Hall–Kier alpha value is -2.46. The molecule has 118 valence electrons. The SMILES string of the molecule is CCOC(=O)[C@@H]1O[C@H](c2ccccc2)[C@H](c2ccccc2)C1=O. The van der Waals surface area contributed by atoms with Gasteiger partial charge < -0.3 is 9.47 Å². The van der Waals surface area contributed by atoms with Gasteiger partial charge in [0.15, 0.2) is 5.78 Å². The van der Waals surface area contributed by atoms with Gasteiger partial charge in [0, 0.05) is 0 Å². The first kappa shape index (κ1) is 15.4. The van der Waals surface area contributed by atoms with Crippen molar-refractivity contribution in [3.8, 4) is 0 Å². The van der Waals surface area contributed by atoms with E-state index in [-0.39, 0.29) is 12.4 Å². The predicted octanol–water partition coefficient (Wildman–Crippen LogP) is 3.04. The van der Waals surface area contributed by atoms with Crippen LogP contribution in [0.3, 0.4) is 0 Å². The highest BCUT2D eigenvalue weighted by molar-refractivity contribution is 6.07. The summed E-state index contributed by atoms with van der Waals surface area (Å²) in [6.45, 7) is 1.93. The van der Waals surface area contributed by atoms with Gasteiger partial charge in [-0.25, -0.2) is 4.79 Å². The Bertz CT molecular complexity index is 681. The summed E-state index contributed by atoms with van der Waals surface area (Å²) in [4.78, 5) is 24.8. The van der Waals surface area contributed by atoms with Crippen molar-refractivity contribution in [3.05, 3.63) is 71.8 Å². The molecule has 0 spiro atoms. The first-order chi connectivity index (χ1) is 11.2. The third-order valence-electron chi connectivity index (χ3n) is 3.94. The number of ketones is 1. The van der Waals surface area contributed by atoms with Crippen molar-refractivity contribution in [2.24, 2.45) is 0 Å². The first-order valence-corrected chi connectivity index (χ1v) is 7.68. The van der Waals surface area contributed by atoms with E-state index in [1.54, 1.807) is 6.92 Å². The lowest BCUT2D eigenvalue weighted by Crippen LogP contribution is -2.30. The molecule has 0 aromatic heterocycles. The summed E-state index contributed by atoms with van der Waals surface area (Å²) in [5.74, 6) is -1.37. The van der Waals surface area contributed by atoms with E-state index in [9.17, 15) is 9.59 Å². The number of carbonyl (C=O) groups excluding carboxylic acids is 2. The highest BCUT2D eigenvalue weighted by Gasteiger charge is 2.48. The molecule has 1 heterocycles. The number of ether oxygens (including phenoxy) is 2. The third kappa shape index (κ3) is 3.03. The Morgan fingerprint density at radius 3 is 2.13 bits per heavy atom. The van der Waals surface area contributed by atoms with Gasteiger partial charge in [-0.2, -0.15) is 0 Å². The molecule has 0 radical (unpaired) electrons. The van der Waals surface area contributed by atoms with Gasteiger partial charge >= 0.3 is 5.97 Å². The van der Waals surface area contributed by atoms with Gasteiger partial charge in [-0.3, -0.25) is 4.79 Å². The van der Waals surface area contributed by atoms with Crippen LogP contribution in [0.25, 0.3) is 0 Å². The second-order valence-electron chi connectivity index (χ2n) is 5.39. The van der Waals surface area contributed by atoms with Crippen molar-refractivity contribution in [2.45, 2.75) is 25.0 Å². The lowest BCUT2D eigenvalue weighted by Gasteiger charge is -2.17. The zero-order chi connectivity index (χ0) is 16.2. The van der Waals surface area contributed by atoms with Crippen LogP contribution in [0.4, 0.5) is 0 Å². The van der Waals surface area contributed by atoms with E-state index >= 15 is 0 Å². The Morgan fingerprint density at radius 1 is 1.00 bits per heavy atom. The van der Waals surface area contributed by atoms with Crippen LogP contribution in [-0.4, -0.2) is 24.5 Å². The number of esters is 1. The van der Waals surface area contributed by atoms with Crippen LogP contribution in [-0.2, 0) is 19.1 Å². The van der Waals surface area contributed by atoms with E-state index in [1.165, 1.54) is 0 Å². The average Bonchev–Trinajstić information content (AvgIpc) is 2.94. The van der Waals surface area contributed by atoms with Crippen LogP contribution in [0.2, 0.25) is 0 Å². The van der Waals surface area contributed by atoms with E-state index < -0.39 is 24.1 Å². The largest absolute Gasteiger partial charge is 0.464 e. The smallest absolute Gasteiger partial charge is 0.343 e. The molecule has 2 aromatic carbocycles. The maximum Gasteiger partial charge on any atom is 0.343 e. The second-order valence-corrected chi connectivity index (χ2v) is 5.39. The highest BCUT2D eigenvalue weighted by atomic mass is 16.6. The van der Waals surface area contributed by atoms with E-state index in [1.807, 2.05) is 60.7 Å². The Labute approximate surface area is 135 Å². The van der Waals surface area contributed by atoms with E-state index in [0.717, 1.165) is 11.1 Å². The third-order valence-corrected chi connectivity index (χ3v) is 3.94. The molecule has 0 N–H and O–H groups in total. The molecule has 3 rings (SSSR count). The van der Waals surface area contributed by atoms with Crippen molar-refractivity contribution in [2.75, 3.05) is 6.61 Å². The molecule has 1 saturated heterocycles. The van der Waals surface area contributed by atoms with E-state index in [2.05, 4.69) is 0 Å². The van der Waals surface area contributed by atoms with Gasteiger partial charge in [0.2, 0.25) is 6.10 Å². The van der Waals surface area contributed by atoms with Crippen LogP contribution in [0, 0.1) is 0 Å². The first-order valence-electron chi connectivity index (χ1n) is 7.68. The lowest BCUT2D eigenvalue weighted by molar-refractivity contribution is -0.158. The Morgan fingerprint density at radius 2 is 1.57 bits per heavy atom. The van der Waals surface area contributed by atoms with Crippen molar-refractivity contribution in [3.63, 3.8) is 0 Å². The van der Waals surface area contributed by atoms with Crippen LogP contribution < -0.4 is 0 Å². The Balaban J connectivity index is 1.98. The van der Waals surface area contributed by atoms with Crippen LogP contribution >= 0.6 is 0 Å². The van der Waals surface area contributed by atoms with Crippen molar-refractivity contribution in [1.29, 1.82) is 0 Å². The summed E-state index contributed by atoms with van der Waals surface area (Å²) in [7, 11) is 0. The van der Waals surface area contributed by atoms with Gasteiger partial charge in [-0.15, -0.1) is 0 Å². The fraction of sp³-hybridized carbons (Fsp3) is 0.263. The fourth-order valence-electron chi connectivity index (χ4n) is 2.91.